The van der Waals surface area contributed by atoms with Crippen LogP contribution < -0.4 is 25.4 Å². The SMILES string of the molecule is O=C(NC1CCCNCC1)c1ccc2cc1OCCCCOc1cc(ccc1F)-c1nc(ncc1F)N2. The largest absolute Gasteiger partial charge is 0.493 e. The third-order valence-electron chi connectivity index (χ3n) is 6.40. The summed E-state index contributed by atoms with van der Waals surface area (Å²) in [6, 6.07) is 9.36. The van der Waals surface area contributed by atoms with E-state index in [1.807, 2.05) is 0 Å². The lowest BCUT2D eigenvalue weighted by Crippen LogP contribution is -2.35. The second kappa shape index (κ2) is 11.5. The number of aromatic nitrogens is 2. The molecule has 0 spiro atoms. The number of rotatable bonds is 2. The highest BCUT2D eigenvalue weighted by atomic mass is 19.1. The van der Waals surface area contributed by atoms with Crippen LogP contribution in [-0.2, 0) is 0 Å². The molecule has 194 valence electrons. The van der Waals surface area contributed by atoms with Crippen LogP contribution in [-0.4, -0.2) is 48.2 Å². The van der Waals surface area contributed by atoms with Crippen molar-refractivity contribution >= 4 is 17.5 Å². The molecular weight excluding hydrogens is 480 g/mol. The van der Waals surface area contributed by atoms with Crippen LogP contribution in [0.15, 0.2) is 42.6 Å². The predicted octanol–water partition coefficient (Wildman–Crippen LogP) is 4.59. The van der Waals surface area contributed by atoms with Crippen molar-refractivity contribution in [1.29, 1.82) is 0 Å². The van der Waals surface area contributed by atoms with E-state index in [4.69, 9.17) is 9.47 Å². The van der Waals surface area contributed by atoms with Crippen LogP contribution in [0.2, 0.25) is 0 Å². The van der Waals surface area contributed by atoms with E-state index >= 15 is 0 Å². The molecule has 10 heteroatoms. The van der Waals surface area contributed by atoms with E-state index in [2.05, 4.69) is 25.9 Å². The van der Waals surface area contributed by atoms with Gasteiger partial charge in [-0.25, -0.2) is 18.7 Å². The second-order valence-electron chi connectivity index (χ2n) is 9.13. The van der Waals surface area contributed by atoms with Gasteiger partial charge in [-0.1, -0.05) is 0 Å². The molecule has 8 nitrogen and oxygen atoms in total. The quantitative estimate of drug-likeness (QED) is 0.465. The Labute approximate surface area is 213 Å². The van der Waals surface area contributed by atoms with Crippen molar-refractivity contribution < 1.29 is 23.0 Å². The Bertz CT molecular complexity index is 1260. The number of carbonyl (C=O) groups is 1. The molecule has 3 heterocycles. The van der Waals surface area contributed by atoms with Gasteiger partial charge >= 0.3 is 0 Å². The first-order valence-corrected chi connectivity index (χ1v) is 12.6. The van der Waals surface area contributed by atoms with Crippen LogP contribution in [0.3, 0.4) is 0 Å². The van der Waals surface area contributed by atoms with Crippen LogP contribution in [0.25, 0.3) is 11.3 Å². The van der Waals surface area contributed by atoms with Crippen molar-refractivity contribution in [3.63, 3.8) is 0 Å². The first kappa shape index (κ1) is 24.9. The normalized spacial score (nSPS) is 17.9. The number of benzene rings is 2. The fourth-order valence-electron chi connectivity index (χ4n) is 4.42. The monoisotopic (exact) mass is 509 g/mol. The number of nitrogens with one attached hydrogen (secondary N) is 3. The number of anilines is 2. The minimum absolute atomic E-state index is 0.0137. The van der Waals surface area contributed by atoms with Gasteiger partial charge in [-0.05, 0) is 75.5 Å². The second-order valence-corrected chi connectivity index (χ2v) is 9.13. The molecule has 2 aromatic carbocycles. The van der Waals surface area contributed by atoms with Gasteiger partial charge in [0, 0.05) is 23.4 Å². The van der Waals surface area contributed by atoms with Gasteiger partial charge in [0.1, 0.15) is 11.4 Å². The van der Waals surface area contributed by atoms with Crippen molar-refractivity contribution in [1.82, 2.24) is 20.6 Å². The van der Waals surface area contributed by atoms with Gasteiger partial charge in [-0.3, -0.25) is 4.79 Å². The van der Waals surface area contributed by atoms with Gasteiger partial charge in [0.15, 0.2) is 17.4 Å². The number of ether oxygens (including phenoxy) is 2. The highest BCUT2D eigenvalue weighted by Gasteiger charge is 2.20. The van der Waals surface area contributed by atoms with Crippen molar-refractivity contribution in [2.24, 2.45) is 0 Å². The molecule has 1 atom stereocenters. The molecule has 3 N–H and O–H groups in total. The van der Waals surface area contributed by atoms with Crippen LogP contribution in [0.4, 0.5) is 20.4 Å². The summed E-state index contributed by atoms with van der Waals surface area (Å²) in [4.78, 5) is 21.5. The van der Waals surface area contributed by atoms with Gasteiger partial charge in [0.05, 0.1) is 25.0 Å². The van der Waals surface area contributed by atoms with E-state index in [1.54, 1.807) is 18.2 Å². The van der Waals surface area contributed by atoms with Gasteiger partial charge in [-0.2, -0.15) is 0 Å². The van der Waals surface area contributed by atoms with Gasteiger partial charge in [0.2, 0.25) is 5.95 Å². The maximum absolute atomic E-state index is 14.6. The third-order valence-corrected chi connectivity index (χ3v) is 6.40. The van der Waals surface area contributed by atoms with Crippen LogP contribution in [0.5, 0.6) is 11.5 Å². The van der Waals surface area contributed by atoms with Gasteiger partial charge in [0.25, 0.3) is 5.91 Å². The maximum Gasteiger partial charge on any atom is 0.255 e. The molecule has 6 bridgehead atoms. The number of hydrogen-bond donors (Lipinski definition) is 3. The van der Waals surface area contributed by atoms with Crippen molar-refractivity contribution in [2.45, 2.75) is 38.1 Å². The van der Waals surface area contributed by atoms with Gasteiger partial charge in [-0.15, -0.1) is 0 Å². The zero-order valence-corrected chi connectivity index (χ0v) is 20.4. The molecule has 0 radical (unpaired) electrons. The first-order valence-electron chi connectivity index (χ1n) is 12.6. The summed E-state index contributed by atoms with van der Waals surface area (Å²) in [5.41, 5.74) is 1.40. The van der Waals surface area contributed by atoms with E-state index in [0.717, 1.165) is 38.5 Å². The van der Waals surface area contributed by atoms with Crippen molar-refractivity contribution in [3.8, 4) is 22.8 Å². The highest BCUT2D eigenvalue weighted by molar-refractivity contribution is 5.97. The smallest absolute Gasteiger partial charge is 0.255 e. The topological polar surface area (TPSA) is 97.4 Å². The molecule has 1 amide bonds. The molecule has 3 aromatic rings. The Morgan fingerprint density at radius 1 is 0.946 bits per heavy atom. The summed E-state index contributed by atoms with van der Waals surface area (Å²) in [5.74, 6) is -0.792. The molecule has 1 saturated heterocycles. The Balaban J connectivity index is 1.44. The molecular formula is C27H29F2N5O3. The summed E-state index contributed by atoms with van der Waals surface area (Å²) in [5, 5.41) is 9.53. The molecule has 1 unspecified atom stereocenters. The van der Waals surface area contributed by atoms with Crippen molar-refractivity contribution in [3.05, 3.63) is 59.8 Å². The number of amides is 1. The molecule has 1 aromatic heterocycles. The minimum Gasteiger partial charge on any atom is -0.493 e. The zero-order chi connectivity index (χ0) is 25.6. The fraction of sp³-hybridized carbons (Fsp3) is 0.370. The lowest BCUT2D eigenvalue weighted by molar-refractivity contribution is 0.0930. The third kappa shape index (κ3) is 6.14. The Morgan fingerprint density at radius 3 is 2.65 bits per heavy atom. The zero-order valence-electron chi connectivity index (χ0n) is 20.4. The molecule has 0 aliphatic carbocycles. The Kier molecular flexibility index (Phi) is 7.74. The molecule has 1 fully saturated rings. The summed E-state index contributed by atoms with van der Waals surface area (Å²) in [6.07, 6.45) is 5.08. The Morgan fingerprint density at radius 2 is 1.78 bits per heavy atom. The average molecular weight is 510 g/mol. The number of halogens is 2. The predicted molar refractivity (Wildman–Crippen MR) is 135 cm³/mol. The highest BCUT2D eigenvalue weighted by Crippen LogP contribution is 2.30. The Hall–Kier alpha value is -3.79. The molecule has 2 aliphatic heterocycles. The standard InChI is InChI=1S/C27H29F2N5O3/c28-21-8-5-17-14-24(21)37-13-2-1-12-36-23-15-19(33-27-31-16-22(29)25(17)34-27)6-7-20(23)26(35)32-18-4-3-10-30-11-9-18/h5-8,14-16,18,30H,1-4,9-13H2,(H,32,35)(H,31,33,34). The van der Waals surface area contributed by atoms with Gasteiger partial charge < -0.3 is 25.4 Å². The van der Waals surface area contributed by atoms with E-state index in [-0.39, 0.29) is 35.9 Å². The molecule has 2 aliphatic rings. The number of fused-ring (bicyclic) bond motifs is 7. The molecule has 37 heavy (non-hydrogen) atoms. The summed E-state index contributed by atoms with van der Waals surface area (Å²) < 4.78 is 40.5. The van der Waals surface area contributed by atoms with E-state index in [1.165, 1.54) is 18.2 Å². The number of nitrogens with zero attached hydrogens (tertiary/aromatic N) is 2. The molecule has 0 saturated carbocycles. The van der Waals surface area contributed by atoms with Crippen LogP contribution in [0.1, 0.15) is 42.5 Å². The number of carbonyl (C=O) groups excluding carboxylic acids is 1. The fourth-order valence-corrected chi connectivity index (χ4v) is 4.42. The van der Waals surface area contributed by atoms with Crippen molar-refractivity contribution in [2.75, 3.05) is 31.6 Å². The first-order chi connectivity index (χ1) is 18.1. The van der Waals surface area contributed by atoms with E-state index in [9.17, 15) is 13.6 Å². The lowest BCUT2D eigenvalue weighted by atomic mass is 10.1. The average Bonchev–Trinajstić information content (AvgIpc) is 3.16. The minimum atomic E-state index is -0.644. The summed E-state index contributed by atoms with van der Waals surface area (Å²) >= 11 is 0. The van der Waals surface area contributed by atoms with Crippen LogP contribution >= 0.6 is 0 Å². The van der Waals surface area contributed by atoms with E-state index in [0.29, 0.717) is 42.0 Å². The van der Waals surface area contributed by atoms with Crippen LogP contribution in [0, 0.1) is 11.6 Å². The lowest BCUT2D eigenvalue weighted by Gasteiger charge is -2.19. The summed E-state index contributed by atoms with van der Waals surface area (Å²) in [6.45, 7) is 2.42. The maximum atomic E-state index is 14.6. The molecule has 5 rings (SSSR count). The summed E-state index contributed by atoms with van der Waals surface area (Å²) in [7, 11) is 0. The number of hydrogen-bond acceptors (Lipinski definition) is 7. The van der Waals surface area contributed by atoms with E-state index < -0.39 is 11.6 Å².